The van der Waals surface area contributed by atoms with Crippen molar-refractivity contribution in [2.75, 3.05) is 18.8 Å². The fourth-order valence-corrected chi connectivity index (χ4v) is 5.33. The van der Waals surface area contributed by atoms with E-state index < -0.39 is 27.2 Å². The zero-order valence-corrected chi connectivity index (χ0v) is 16.1. The highest BCUT2D eigenvalue weighted by molar-refractivity contribution is 7.89. The normalized spacial score (nSPS) is 21.0. The van der Waals surface area contributed by atoms with Gasteiger partial charge in [0.15, 0.2) is 5.69 Å². The van der Waals surface area contributed by atoms with Gasteiger partial charge in [-0.15, -0.1) is 0 Å². The quantitative estimate of drug-likeness (QED) is 0.727. The SMILES string of the molecule is CCS(=O)(=O)N1CC(CC#N)(n2nc3c(n2)C(F)(F)C2=CCc4ncnc-3c42)C1. The third kappa shape index (κ3) is 2.28. The van der Waals surface area contributed by atoms with Crippen LogP contribution in [0.3, 0.4) is 0 Å². The number of nitrogens with zero attached hydrogens (tertiary/aromatic N) is 7. The van der Waals surface area contributed by atoms with Gasteiger partial charge < -0.3 is 0 Å². The Balaban J connectivity index is 1.63. The van der Waals surface area contributed by atoms with E-state index in [1.165, 1.54) is 23.6 Å². The average molecular weight is 419 g/mol. The van der Waals surface area contributed by atoms with Crippen LogP contribution in [0.4, 0.5) is 8.78 Å². The second-order valence-electron chi connectivity index (χ2n) is 7.35. The first kappa shape index (κ1) is 18.3. The largest absolute Gasteiger partial charge is 0.319 e. The molecule has 3 heterocycles. The van der Waals surface area contributed by atoms with Gasteiger partial charge in [-0.3, -0.25) is 0 Å². The maximum atomic E-state index is 15.2. The van der Waals surface area contributed by atoms with Crippen molar-refractivity contribution < 1.29 is 17.2 Å². The van der Waals surface area contributed by atoms with Crippen LogP contribution < -0.4 is 0 Å². The molecule has 0 saturated carbocycles. The molecule has 0 atom stereocenters. The Labute approximate surface area is 164 Å². The number of sulfonamides is 1. The number of hydrogen-bond acceptors (Lipinski definition) is 7. The van der Waals surface area contributed by atoms with Crippen LogP contribution in [0.15, 0.2) is 12.4 Å². The first-order valence-electron chi connectivity index (χ1n) is 8.99. The number of halogens is 2. The number of hydrogen-bond donors (Lipinski definition) is 0. The Kier molecular flexibility index (Phi) is 3.55. The van der Waals surface area contributed by atoms with Gasteiger partial charge in [-0.25, -0.2) is 18.4 Å². The minimum absolute atomic E-state index is 0.0412. The van der Waals surface area contributed by atoms with Crippen molar-refractivity contribution >= 4 is 15.6 Å². The van der Waals surface area contributed by atoms with Crippen molar-refractivity contribution in [2.45, 2.75) is 31.2 Å². The van der Waals surface area contributed by atoms with E-state index in [4.69, 9.17) is 0 Å². The molecule has 1 saturated heterocycles. The van der Waals surface area contributed by atoms with Crippen LogP contribution in [0.1, 0.15) is 30.3 Å². The lowest BCUT2D eigenvalue weighted by atomic mass is 9.90. The highest BCUT2D eigenvalue weighted by Gasteiger charge is 2.55. The van der Waals surface area contributed by atoms with Gasteiger partial charge in [0.25, 0.3) is 0 Å². The third-order valence-electron chi connectivity index (χ3n) is 5.70. The van der Waals surface area contributed by atoms with Crippen molar-refractivity contribution in [3.63, 3.8) is 0 Å². The first-order valence-corrected chi connectivity index (χ1v) is 10.6. The summed E-state index contributed by atoms with van der Waals surface area (Å²) in [6.07, 6.45) is 2.92. The third-order valence-corrected chi connectivity index (χ3v) is 7.47. The molecule has 2 aromatic heterocycles. The standard InChI is InChI=1S/C17H15F2N7O2S/c1-2-29(27,28)25-7-16(8-25,5-6-20)26-23-14-13-12-10(17(18,19)15(14)24-26)3-4-11(12)21-9-22-13/h3,9H,2,4-5,7-8H2,1H3. The molecule has 150 valence electrons. The molecule has 2 aromatic rings. The van der Waals surface area contributed by atoms with Gasteiger partial charge in [-0.1, -0.05) is 6.08 Å². The number of fused-ring (bicyclic) bond motifs is 2. The molecule has 0 aromatic carbocycles. The topological polar surface area (TPSA) is 118 Å². The van der Waals surface area contributed by atoms with Gasteiger partial charge in [0.1, 0.15) is 23.3 Å². The zero-order valence-electron chi connectivity index (χ0n) is 15.3. The summed E-state index contributed by atoms with van der Waals surface area (Å²) in [5.41, 5.74) is -0.764. The predicted molar refractivity (Wildman–Crippen MR) is 95.9 cm³/mol. The molecule has 0 spiro atoms. The minimum Gasteiger partial charge on any atom is -0.240 e. The summed E-state index contributed by atoms with van der Waals surface area (Å²) in [5.74, 6) is -3.46. The molecular weight excluding hydrogens is 404 g/mol. The minimum atomic E-state index is -3.46. The summed E-state index contributed by atoms with van der Waals surface area (Å²) in [7, 11) is -3.46. The van der Waals surface area contributed by atoms with E-state index in [1.54, 1.807) is 0 Å². The number of nitriles is 1. The summed E-state index contributed by atoms with van der Waals surface area (Å²) < 4.78 is 55.8. The van der Waals surface area contributed by atoms with Crippen LogP contribution in [-0.2, 0) is 27.9 Å². The van der Waals surface area contributed by atoms with Gasteiger partial charge in [0, 0.05) is 30.6 Å². The summed E-state index contributed by atoms with van der Waals surface area (Å²) in [5, 5.41) is 17.6. The van der Waals surface area contributed by atoms with Gasteiger partial charge in [-0.2, -0.15) is 33.3 Å². The Bertz CT molecular complexity index is 1220. The number of allylic oxidation sites excluding steroid dienone is 2. The van der Waals surface area contributed by atoms with E-state index in [-0.39, 0.29) is 47.8 Å². The van der Waals surface area contributed by atoms with Crippen LogP contribution in [0.25, 0.3) is 17.0 Å². The average Bonchev–Trinajstić information content (AvgIpc) is 3.29. The van der Waals surface area contributed by atoms with Crippen LogP contribution in [-0.4, -0.2) is 56.5 Å². The van der Waals surface area contributed by atoms with Gasteiger partial charge >= 0.3 is 5.92 Å². The second kappa shape index (κ2) is 5.64. The summed E-state index contributed by atoms with van der Waals surface area (Å²) in [4.78, 5) is 9.33. The number of alkyl halides is 2. The lowest BCUT2D eigenvalue weighted by Crippen LogP contribution is -2.64. The van der Waals surface area contributed by atoms with Crippen molar-refractivity contribution in [1.29, 1.82) is 5.26 Å². The summed E-state index contributed by atoms with van der Waals surface area (Å²) in [6, 6.07) is 2.00. The Hall–Kier alpha value is -2.78. The summed E-state index contributed by atoms with van der Waals surface area (Å²) in [6.45, 7) is 1.44. The second-order valence-corrected chi connectivity index (χ2v) is 9.61. The molecular formula is C17H15F2N7O2S. The van der Waals surface area contributed by atoms with Crippen LogP contribution in [0.2, 0.25) is 0 Å². The van der Waals surface area contributed by atoms with E-state index in [1.807, 2.05) is 6.07 Å². The molecule has 12 heteroatoms. The maximum Gasteiger partial charge on any atom is 0.319 e. The van der Waals surface area contributed by atoms with Crippen molar-refractivity contribution in [3.05, 3.63) is 29.4 Å². The smallest absolute Gasteiger partial charge is 0.240 e. The number of rotatable bonds is 4. The Morgan fingerprint density at radius 3 is 2.69 bits per heavy atom. The lowest BCUT2D eigenvalue weighted by Gasteiger charge is -2.46. The van der Waals surface area contributed by atoms with Gasteiger partial charge in [-0.05, 0) is 6.92 Å². The molecule has 2 aliphatic carbocycles. The highest BCUT2D eigenvalue weighted by atomic mass is 32.2. The fraction of sp³-hybridized carbons (Fsp3) is 0.471. The molecule has 0 amide bonds. The zero-order chi connectivity index (χ0) is 20.6. The van der Waals surface area contributed by atoms with E-state index in [9.17, 15) is 13.7 Å². The monoisotopic (exact) mass is 419 g/mol. The molecule has 1 aliphatic heterocycles. The summed E-state index contributed by atoms with van der Waals surface area (Å²) >= 11 is 0. The fourth-order valence-electron chi connectivity index (χ4n) is 4.09. The Morgan fingerprint density at radius 2 is 2.00 bits per heavy atom. The number of aromatic nitrogens is 5. The molecule has 29 heavy (non-hydrogen) atoms. The molecule has 0 radical (unpaired) electrons. The predicted octanol–water partition coefficient (Wildman–Crippen LogP) is 1.05. The van der Waals surface area contributed by atoms with E-state index in [0.717, 1.165) is 4.80 Å². The van der Waals surface area contributed by atoms with E-state index in [2.05, 4.69) is 20.2 Å². The molecule has 0 N–H and O–H groups in total. The molecule has 0 bridgehead atoms. The van der Waals surface area contributed by atoms with Crippen molar-refractivity contribution in [2.24, 2.45) is 0 Å². The lowest BCUT2D eigenvalue weighted by molar-refractivity contribution is 0.0427. The molecule has 3 aliphatic rings. The Morgan fingerprint density at radius 1 is 1.24 bits per heavy atom. The molecule has 9 nitrogen and oxygen atoms in total. The van der Waals surface area contributed by atoms with Crippen LogP contribution in [0.5, 0.6) is 0 Å². The highest BCUT2D eigenvalue weighted by Crippen LogP contribution is 2.53. The van der Waals surface area contributed by atoms with Crippen molar-refractivity contribution in [3.8, 4) is 17.5 Å². The molecule has 5 rings (SSSR count). The molecule has 1 fully saturated rings. The first-order chi connectivity index (χ1) is 13.7. The van der Waals surface area contributed by atoms with Crippen molar-refractivity contribution in [1.82, 2.24) is 29.3 Å². The van der Waals surface area contributed by atoms with Gasteiger partial charge in [0.2, 0.25) is 10.0 Å². The molecule has 0 unspecified atom stereocenters. The van der Waals surface area contributed by atoms with Gasteiger partial charge in [0.05, 0.1) is 23.9 Å². The van der Waals surface area contributed by atoms with Crippen LogP contribution >= 0.6 is 0 Å². The van der Waals surface area contributed by atoms with Crippen LogP contribution in [0, 0.1) is 11.3 Å². The van der Waals surface area contributed by atoms with E-state index in [0.29, 0.717) is 12.1 Å². The van der Waals surface area contributed by atoms with E-state index >= 15 is 8.78 Å². The maximum absolute atomic E-state index is 15.2.